The lowest BCUT2D eigenvalue weighted by atomic mass is 9.66. The van der Waals surface area contributed by atoms with Crippen molar-refractivity contribution >= 4 is 5.57 Å². The van der Waals surface area contributed by atoms with Crippen LogP contribution in [0.15, 0.2) is 134 Å². The van der Waals surface area contributed by atoms with Crippen LogP contribution in [-0.4, -0.2) is 0 Å². The van der Waals surface area contributed by atoms with Crippen molar-refractivity contribution in [3.05, 3.63) is 162 Å². The Hall–Kier alpha value is -3.90. The second-order valence-corrected chi connectivity index (χ2v) is 11.9. The molecule has 3 aromatic carbocycles. The number of allylic oxidation sites excluding steroid dienone is 9. The summed E-state index contributed by atoms with van der Waals surface area (Å²) in [5.41, 5.74) is 12.6. The molecule has 1 aliphatic carbocycles. The molecule has 0 aromatic heterocycles. The van der Waals surface area contributed by atoms with E-state index >= 15 is 0 Å². The highest BCUT2D eigenvalue weighted by Gasteiger charge is 2.45. The van der Waals surface area contributed by atoms with Crippen LogP contribution in [0.5, 0.6) is 0 Å². The third-order valence-electron chi connectivity index (χ3n) is 8.42. The Bertz CT molecular complexity index is 1480. The minimum absolute atomic E-state index is 0.132. The minimum atomic E-state index is -0.375. The molecule has 4 rings (SSSR count). The first-order chi connectivity index (χ1) is 19.2. The fraction of sp³-hybridized carbons (Fsp3) is 0.250. The molecule has 1 unspecified atom stereocenters. The zero-order valence-corrected chi connectivity index (χ0v) is 25.1. The first-order valence-corrected chi connectivity index (χ1v) is 14.4. The van der Waals surface area contributed by atoms with Crippen LogP contribution in [-0.2, 0) is 17.3 Å². The Morgan fingerprint density at radius 1 is 0.850 bits per heavy atom. The van der Waals surface area contributed by atoms with Crippen molar-refractivity contribution in [2.24, 2.45) is 0 Å². The van der Waals surface area contributed by atoms with E-state index < -0.39 is 0 Å². The topological polar surface area (TPSA) is 0 Å². The lowest BCUT2D eigenvalue weighted by Gasteiger charge is -2.35. The largest absolute Gasteiger partial charge is 0.0991 e. The maximum Gasteiger partial charge on any atom is 0.0634 e. The second-order valence-electron chi connectivity index (χ2n) is 11.9. The van der Waals surface area contributed by atoms with E-state index in [1.807, 2.05) is 24.3 Å². The molecule has 0 spiro atoms. The van der Waals surface area contributed by atoms with Crippen LogP contribution in [0, 0.1) is 0 Å². The van der Waals surface area contributed by atoms with E-state index in [0.717, 1.165) is 19.3 Å². The summed E-state index contributed by atoms with van der Waals surface area (Å²) < 4.78 is 0. The summed E-state index contributed by atoms with van der Waals surface area (Å²) in [7, 11) is 0. The Kier molecular flexibility index (Phi) is 8.79. The molecular weight excluding hydrogens is 480 g/mol. The first-order valence-electron chi connectivity index (χ1n) is 14.4. The Morgan fingerprint density at radius 2 is 1.52 bits per heavy atom. The third kappa shape index (κ3) is 5.41. The summed E-state index contributed by atoms with van der Waals surface area (Å²) in [6, 6.07) is 25.3. The quantitative estimate of drug-likeness (QED) is 0.183. The van der Waals surface area contributed by atoms with E-state index in [1.54, 1.807) is 0 Å². The Morgan fingerprint density at radius 3 is 2.12 bits per heavy atom. The summed E-state index contributed by atoms with van der Waals surface area (Å²) in [6.07, 6.45) is 15.4. The van der Waals surface area contributed by atoms with Crippen LogP contribution in [0.1, 0.15) is 75.3 Å². The van der Waals surface area contributed by atoms with Crippen molar-refractivity contribution in [1.82, 2.24) is 0 Å². The molecule has 0 saturated carbocycles. The molecule has 0 radical (unpaired) electrons. The highest BCUT2D eigenvalue weighted by molar-refractivity contribution is 5.90. The van der Waals surface area contributed by atoms with Gasteiger partial charge in [-0.2, -0.15) is 0 Å². The molecular formula is C40H44. The molecule has 0 heterocycles. The molecule has 204 valence electrons. The van der Waals surface area contributed by atoms with Crippen molar-refractivity contribution in [3.8, 4) is 11.1 Å². The van der Waals surface area contributed by atoms with Gasteiger partial charge in [-0.05, 0) is 94.7 Å². The molecule has 1 atom stereocenters. The smallest absolute Gasteiger partial charge is 0.0634 e. The fourth-order valence-corrected chi connectivity index (χ4v) is 6.25. The van der Waals surface area contributed by atoms with Gasteiger partial charge in [-0.1, -0.05) is 143 Å². The fourth-order valence-electron chi connectivity index (χ4n) is 6.25. The van der Waals surface area contributed by atoms with Gasteiger partial charge in [0.05, 0.1) is 5.41 Å². The van der Waals surface area contributed by atoms with Crippen LogP contribution in [0.3, 0.4) is 0 Å². The standard InChI is InChI=1S/C40H44/c1-9-12-13-14-15-17-31-18-23-35(24-19-31)40(29(4)16-10-2)30(5)36(11-3)37-27-22-33(28-38(37)40)32-20-25-34(26-21-32)39(6,7)8/h9-13,16,18-28H,1-3,14-15,17H2,4-8H3/b13-12+,29-16+. The highest BCUT2D eigenvalue weighted by Crippen LogP contribution is 2.55. The summed E-state index contributed by atoms with van der Waals surface area (Å²) in [5.74, 6) is 0. The zero-order valence-electron chi connectivity index (χ0n) is 25.1. The average molecular weight is 525 g/mol. The average Bonchev–Trinajstić information content (AvgIpc) is 3.20. The Balaban J connectivity index is 1.84. The number of unbranched alkanes of at least 4 members (excludes halogenated alkanes) is 1. The highest BCUT2D eigenvalue weighted by atomic mass is 14.5. The van der Waals surface area contributed by atoms with E-state index in [9.17, 15) is 0 Å². The molecule has 0 amide bonds. The third-order valence-corrected chi connectivity index (χ3v) is 8.42. The maximum atomic E-state index is 4.23. The van der Waals surface area contributed by atoms with Gasteiger partial charge >= 0.3 is 0 Å². The van der Waals surface area contributed by atoms with Crippen molar-refractivity contribution in [3.63, 3.8) is 0 Å². The summed E-state index contributed by atoms with van der Waals surface area (Å²) in [5, 5.41) is 0. The van der Waals surface area contributed by atoms with Crippen LogP contribution >= 0.6 is 0 Å². The minimum Gasteiger partial charge on any atom is -0.0991 e. The van der Waals surface area contributed by atoms with Gasteiger partial charge in [0.25, 0.3) is 0 Å². The van der Waals surface area contributed by atoms with Gasteiger partial charge in [0.1, 0.15) is 0 Å². The second kappa shape index (κ2) is 12.1. The van der Waals surface area contributed by atoms with Gasteiger partial charge in [0, 0.05) is 0 Å². The summed E-state index contributed by atoms with van der Waals surface area (Å²) in [4.78, 5) is 0. The Labute approximate surface area is 242 Å². The summed E-state index contributed by atoms with van der Waals surface area (Å²) in [6.45, 7) is 23.3. The molecule has 1 aliphatic rings. The van der Waals surface area contributed by atoms with Crippen LogP contribution in [0.2, 0.25) is 0 Å². The molecule has 0 bridgehead atoms. The van der Waals surface area contributed by atoms with Crippen molar-refractivity contribution in [2.45, 2.75) is 64.7 Å². The van der Waals surface area contributed by atoms with Gasteiger partial charge in [-0.15, -0.1) is 0 Å². The van der Waals surface area contributed by atoms with E-state index in [-0.39, 0.29) is 10.8 Å². The van der Waals surface area contributed by atoms with E-state index in [1.165, 1.54) is 55.7 Å². The lowest BCUT2D eigenvalue weighted by Crippen LogP contribution is -2.29. The van der Waals surface area contributed by atoms with Gasteiger partial charge in [0.2, 0.25) is 0 Å². The SMILES string of the molecule is C=C/C=C/CCCc1ccc(C2(/C(C)=C/C=C)C(C)=C(C=C)c3ccc(-c4ccc(C(C)(C)C)cc4)cc32)cc1. The number of fused-ring (bicyclic) bond motifs is 1. The number of aryl methyl sites for hydroxylation is 1. The molecule has 0 saturated heterocycles. The molecule has 40 heavy (non-hydrogen) atoms. The van der Waals surface area contributed by atoms with E-state index in [0.29, 0.717) is 0 Å². The van der Waals surface area contributed by atoms with Crippen molar-refractivity contribution in [2.75, 3.05) is 0 Å². The van der Waals surface area contributed by atoms with Gasteiger partial charge in [-0.25, -0.2) is 0 Å². The van der Waals surface area contributed by atoms with E-state index in [4.69, 9.17) is 0 Å². The molecule has 3 aromatic rings. The summed E-state index contributed by atoms with van der Waals surface area (Å²) >= 11 is 0. The molecule has 0 N–H and O–H groups in total. The van der Waals surface area contributed by atoms with Gasteiger partial charge in [0.15, 0.2) is 0 Å². The molecule has 0 fully saturated rings. The molecule has 0 nitrogen and oxygen atoms in total. The normalized spacial score (nSPS) is 17.3. The predicted octanol–water partition coefficient (Wildman–Crippen LogP) is 11.1. The van der Waals surface area contributed by atoms with Gasteiger partial charge in [-0.3, -0.25) is 0 Å². The molecule has 0 aliphatic heterocycles. The first kappa shape index (κ1) is 29.1. The monoisotopic (exact) mass is 524 g/mol. The van der Waals surface area contributed by atoms with Crippen LogP contribution in [0.4, 0.5) is 0 Å². The predicted molar refractivity (Wildman–Crippen MR) is 177 cm³/mol. The number of rotatable bonds is 10. The van der Waals surface area contributed by atoms with Gasteiger partial charge < -0.3 is 0 Å². The maximum absolute atomic E-state index is 4.23. The number of benzene rings is 3. The van der Waals surface area contributed by atoms with Crippen LogP contribution in [0.25, 0.3) is 16.7 Å². The lowest BCUT2D eigenvalue weighted by molar-refractivity contribution is 0.590. The van der Waals surface area contributed by atoms with E-state index in [2.05, 4.69) is 133 Å². The number of hydrogen-bond donors (Lipinski definition) is 0. The van der Waals surface area contributed by atoms with Crippen LogP contribution < -0.4 is 0 Å². The number of hydrogen-bond acceptors (Lipinski definition) is 0. The molecule has 0 heteroatoms. The van der Waals surface area contributed by atoms with Crippen molar-refractivity contribution in [1.29, 1.82) is 0 Å². The zero-order chi connectivity index (χ0) is 28.9. The van der Waals surface area contributed by atoms with Crippen molar-refractivity contribution < 1.29 is 0 Å².